The Balaban J connectivity index is 2.52. The SMILES string of the molecule is N#CC(/C(Cl)=C\Cl)(c1ccccc1)N1CCOCC1. The van der Waals surface area contributed by atoms with Gasteiger partial charge >= 0.3 is 0 Å². The summed E-state index contributed by atoms with van der Waals surface area (Å²) in [6, 6.07) is 11.8. The van der Waals surface area contributed by atoms with Crippen molar-refractivity contribution in [1.29, 1.82) is 5.26 Å². The third-order valence-electron chi connectivity index (χ3n) is 3.28. The van der Waals surface area contributed by atoms with E-state index in [1.807, 2.05) is 35.2 Å². The zero-order chi connectivity index (χ0) is 13.7. The van der Waals surface area contributed by atoms with Crippen LogP contribution in [0.15, 0.2) is 40.9 Å². The molecule has 0 saturated carbocycles. The lowest BCUT2D eigenvalue weighted by Gasteiger charge is -2.40. The van der Waals surface area contributed by atoms with Gasteiger partial charge in [-0.2, -0.15) is 5.26 Å². The number of hydrogen-bond donors (Lipinski definition) is 0. The zero-order valence-electron chi connectivity index (χ0n) is 10.4. The van der Waals surface area contributed by atoms with E-state index in [9.17, 15) is 5.26 Å². The van der Waals surface area contributed by atoms with Crippen molar-refractivity contribution in [3.63, 3.8) is 0 Å². The van der Waals surface area contributed by atoms with Gasteiger partial charge in [-0.05, 0) is 5.56 Å². The van der Waals surface area contributed by atoms with Crippen LogP contribution in [0.3, 0.4) is 0 Å². The molecule has 0 spiro atoms. The molecule has 0 aliphatic carbocycles. The van der Waals surface area contributed by atoms with Crippen LogP contribution < -0.4 is 0 Å². The van der Waals surface area contributed by atoms with E-state index < -0.39 is 5.54 Å². The van der Waals surface area contributed by atoms with Gasteiger partial charge in [0.1, 0.15) is 0 Å². The van der Waals surface area contributed by atoms with Crippen molar-refractivity contribution in [3.05, 3.63) is 46.5 Å². The summed E-state index contributed by atoms with van der Waals surface area (Å²) >= 11 is 12.1. The first-order valence-electron chi connectivity index (χ1n) is 6.01. The molecule has 1 unspecified atom stereocenters. The maximum atomic E-state index is 9.77. The molecule has 0 aromatic heterocycles. The second kappa shape index (κ2) is 6.40. The molecular weight excluding hydrogens is 283 g/mol. The number of hydrogen-bond acceptors (Lipinski definition) is 3. The van der Waals surface area contributed by atoms with Crippen molar-refractivity contribution >= 4 is 23.2 Å². The van der Waals surface area contributed by atoms with Crippen LogP contribution >= 0.6 is 23.2 Å². The Morgan fingerprint density at radius 3 is 2.47 bits per heavy atom. The fourth-order valence-corrected chi connectivity index (χ4v) is 2.75. The maximum absolute atomic E-state index is 9.77. The van der Waals surface area contributed by atoms with E-state index in [4.69, 9.17) is 27.9 Å². The molecule has 2 rings (SSSR count). The highest BCUT2D eigenvalue weighted by atomic mass is 35.5. The van der Waals surface area contributed by atoms with Crippen molar-refractivity contribution in [1.82, 2.24) is 4.90 Å². The molecule has 1 atom stereocenters. The molecule has 3 nitrogen and oxygen atoms in total. The minimum Gasteiger partial charge on any atom is -0.379 e. The highest BCUT2D eigenvalue weighted by Crippen LogP contribution is 2.38. The van der Waals surface area contributed by atoms with Crippen molar-refractivity contribution in [2.75, 3.05) is 26.3 Å². The van der Waals surface area contributed by atoms with Crippen molar-refractivity contribution < 1.29 is 4.74 Å². The van der Waals surface area contributed by atoms with Crippen LogP contribution in [0.5, 0.6) is 0 Å². The van der Waals surface area contributed by atoms with Crippen LogP contribution in [0.2, 0.25) is 0 Å². The van der Waals surface area contributed by atoms with Gasteiger partial charge in [-0.1, -0.05) is 53.5 Å². The van der Waals surface area contributed by atoms with Crippen LogP contribution in [-0.4, -0.2) is 31.2 Å². The summed E-state index contributed by atoms with van der Waals surface area (Å²) in [7, 11) is 0. The average molecular weight is 297 g/mol. The summed E-state index contributed by atoms with van der Waals surface area (Å²) in [4.78, 5) is 2.01. The van der Waals surface area contributed by atoms with E-state index in [-0.39, 0.29) is 0 Å². The van der Waals surface area contributed by atoms with E-state index in [1.54, 1.807) is 0 Å². The number of halogens is 2. The number of morpholine rings is 1. The van der Waals surface area contributed by atoms with E-state index in [0.717, 1.165) is 5.56 Å². The van der Waals surface area contributed by atoms with Crippen LogP contribution in [-0.2, 0) is 10.3 Å². The van der Waals surface area contributed by atoms with E-state index in [0.29, 0.717) is 31.3 Å². The third-order valence-corrected chi connectivity index (χ3v) is 3.99. The molecular formula is C14H14Cl2N2O. The van der Waals surface area contributed by atoms with Gasteiger partial charge in [-0.15, -0.1) is 0 Å². The molecule has 1 heterocycles. The summed E-state index contributed by atoms with van der Waals surface area (Å²) in [5, 5.41) is 10.1. The molecule has 19 heavy (non-hydrogen) atoms. The maximum Gasteiger partial charge on any atom is 0.171 e. The van der Waals surface area contributed by atoms with Crippen LogP contribution in [0.25, 0.3) is 0 Å². The molecule has 1 aliphatic rings. The molecule has 1 saturated heterocycles. The Kier molecular flexibility index (Phi) is 4.84. The first kappa shape index (κ1) is 14.4. The Morgan fingerprint density at radius 1 is 1.32 bits per heavy atom. The normalized spacial score (nSPS) is 20.6. The monoisotopic (exact) mass is 296 g/mol. The lowest BCUT2D eigenvalue weighted by molar-refractivity contribution is 0.00741. The predicted octanol–water partition coefficient (Wildman–Crippen LogP) is 3.06. The highest BCUT2D eigenvalue weighted by Gasteiger charge is 2.42. The second-order valence-corrected chi connectivity index (χ2v) is 4.87. The Morgan fingerprint density at radius 2 is 1.95 bits per heavy atom. The Hall–Kier alpha value is -1.05. The Labute approximate surface area is 123 Å². The number of ether oxygens (including phenoxy) is 1. The average Bonchev–Trinajstić information content (AvgIpc) is 2.50. The van der Waals surface area contributed by atoms with Gasteiger partial charge in [-0.25, -0.2) is 0 Å². The second-order valence-electron chi connectivity index (χ2n) is 4.24. The minimum atomic E-state index is -1.03. The third kappa shape index (κ3) is 2.63. The molecule has 1 aromatic rings. The molecule has 1 fully saturated rings. The Bertz CT molecular complexity index is 492. The van der Waals surface area contributed by atoms with E-state index in [2.05, 4.69) is 6.07 Å². The summed E-state index contributed by atoms with van der Waals surface area (Å²) in [6.07, 6.45) is 0. The first-order chi connectivity index (χ1) is 9.25. The zero-order valence-corrected chi connectivity index (χ0v) is 11.9. The first-order valence-corrected chi connectivity index (χ1v) is 6.83. The summed E-state index contributed by atoms with van der Waals surface area (Å²) < 4.78 is 5.34. The topological polar surface area (TPSA) is 36.3 Å². The molecule has 0 radical (unpaired) electrons. The molecule has 0 N–H and O–H groups in total. The van der Waals surface area contributed by atoms with Gasteiger partial charge in [0.15, 0.2) is 5.54 Å². The number of nitrogens with zero attached hydrogens (tertiary/aromatic N) is 2. The van der Waals surface area contributed by atoms with Gasteiger partial charge in [0, 0.05) is 18.6 Å². The van der Waals surface area contributed by atoms with Crippen molar-refractivity contribution in [2.24, 2.45) is 0 Å². The quantitative estimate of drug-likeness (QED) is 0.860. The van der Waals surface area contributed by atoms with Gasteiger partial charge in [-0.3, -0.25) is 4.90 Å². The minimum absolute atomic E-state index is 0.310. The molecule has 0 bridgehead atoms. The van der Waals surface area contributed by atoms with Gasteiger partial charge in [0.2, 0.25) is 0 Å². The smallest absolute Gasteiger partial charge is 0.171 e. The van der Waals surface area contributed by atoms with Crippen LogP contribution in [0.4, 0.5) is 0 Å². The fourth-order valence-electron chi connectivity index (χ4n) is 2.32. The summed E-state index contributed by atoms with van der Waals surface area (Å²) in [5.74, 6) is 0. The number of nitriles is 1. The summed E-state index contributed by atoms with van der Waals surface area (Å²) in [6.45, 7) is 2.46. The largest absolute Gasteiger partial charge is 0.379 e. The standard InChI is InChI=1S/C14H14Cl2N2O/c15-10-13(16)14(11-17,12-4-2-1-3-5-12)18-6-8-19-9-7-18/h1-5,10H,6-9H2/b13-10+. The molecule has 1 aromatic carbocycles. The van der Waals surface area contributed by atoms with Gasteiger partial charge < -0.3 is 4.74 Å². The van der Waals surface area contributed by atoms with Crippen molar-refractivity contribution in [2.45, 2.75) is 5.54 Å². The highest BCUT2D eigenvalue weighted by molar-refractivity contribution is 6.37. The fraction of sp³-hybridized carbons (Fsp3) is 0.357. The molecule has 0 amide bonds. The van der Waals surface area contributed by atoms with E-state index >= 15 is 0 Å². The molecule has 100 valence electrons. The lowest BCUT2D eigenvalue weighted by atomic mass is 9.88. The van der Waals surface area contributed by atoms with E-state index in [1.165, 1.54) is 5.54 Å². The molecule has 1 aliphatic heterocycles. The van der Waals surface area contributed by atoms with Crippen LogP contribution in [0.1, 0.15) is 5.56 Å². The van der Waals surface area contributed by atoms with Gasteiger partial charge in [0.05, 0.1) is 24.3 Å². The lowest BCUT2D eigenvalue weighted by Crippen LogP contribution is -2.51. The van der Waals surface area contributed by atoms with Crippen LogP contribution in [0, 0.1) is 11.3 Å². The van der Waals surface area contributed by atoms with Gasteiger partial charge in [0.25, 0.3) is 0 Å². The number of rotatable bonds is 3. The van der Waals surface area contributed by atoms with Crippen molar-refractivity contribution in [3.8, 4) is 6.07 Å². The summed E-state index contributed by atoms with van der Waals surface area (Å²) in [5.41, 5.74) is 1.06. The number of benzene rings is 1. The predicted molar refractivity (Wildman–Crippen MR) is 75.9 cm³/mol. The molecule has 5 heteroatoms.